The van der Waals surface area contributed by atoms with Gasteiger partial charge in [-0.1, -0.05) is 29.8 Å². The maximum absolute atomic E-state index is 3.49. The highest BCUT2D eigenvalue weighted by atomic mass is 79.9. The summed E-state index contributed by atoms with van der Waals surface area (Å²) in [6.45, 7) is 2.09. The molecule has 0 aliphatic rings. The molecule has 0 bridgehead atoms. The van der Waals surface area contributed by atoms with Crippen LogP contribution in [0.3, 0.4) is 0 Å². The van der Waals surface area contributed by atoms with Crippen LogP contribution >= 0.6 is 36.3 Å². The molecule has 1 aromatic rings. The highest BCUT2D eigenvalue weighted by molar-refractivity contribution is 9.70. The Morgan fingerprint density at radius 3 is 2.00 bits per heavy atom. The fourth-order valence-electron chi connectivity index (χ4n) is 0.657. The zero-order valence-corrected chi connectivity index (χ0v) is 9.58. The van der Waals surface area contributed by atoms with E-state index in [9.17, 15) is 0 Å². The Labute approximate surface area is 78.3 Å². The van der Waals surface area contributed by atoms with Gasteiger partial charge in [0.1, 0.15) is 0 Å². The zero-order valence-electron chi connectivity index (χ0n) is 5.51. The second-order valence-electron chi connectivity index (χ2n) is 2.07. The number of hydrogen-bond acceptors (Lipinski definition) is 0. The third kappa shape index (κ3) is 2.34. The fourth-order valence-corrected chi connectivity index (χ4v) is 2.45. The van der Waals surface area contributed by atoms with Crippen LogP contribution in [-0.2, 0) is 0 Å². The molecule has 1 aromatic carbocycles. The molecule has 0 aliphatic heterocycles. The Morgan fingerprint density at radius 2 is 1.60 bits per heavy atom. The average molecular weight is 282 g/mol. The third-order valence-corrected chi connectivity index (χ3v) is 4.37. The monoisotopic (exact) mass is 280 g/mol. The van der Waals surface area contributed by atoms with E-state index in [2.05, 4.69) is 62.2 Å². The van der Waals surface area contributed by atoms with E-state index in [-0.39, 0.29) is 5.33 Å². The smallest absolute Gasteiger partial charge is 0.0586 e. The van der Waals surface area contributed by atoms with Gasteiger partial charge in [0, 0.05) is 0 Å². The molecule has 0 N–H and O–H groups in total. The van der Waals surface area contributed by atoms with Crippen molar-refractivity contribution in [3.63, 3.8) is 0 Å². The maximum atomic E-state index is 3.49. The summed E-state index contributed by atoms with van der Waals surface area (Å²) in [5.41, 5.74) is 1.31. The first kappa shape index (κ1) is 8.70. The lowest BCUT2D eigenvalue weighted by atomic mass is 10.2. The van der Waals surface area contributed by atoms with E-state index in [0.29, 0.717) is 0 Å². The van der Waals surface area contributed by atoms with Gasteiger partial charge in [0.05, 0.1) is 5.33 Å². The van der Waals surface area contributed by atoms with Crippen LogP contribution in [0.4, 0.5) is 0 Å². The topological polar surface area (TPSA) is 0 Å². The van der Waals surface area contributed by atoms with E-state index in [0.717, 1.165) is 0 Å². The molecule has 0 amide bonds. The predicted octanol–water partition coefficient (Wildman–Crippen LogP) is 3.72. The summed E-state index contributed by atoms with van der Waals surface area (Å²) in [6, 6.07) is 8.50. The van der Waals surface area contributed by atoms with Crippen molar-refractivity contribution in [2.24, 2.45) is 0 Å². The molecule has 0 aliphatic carbocycles. The molecule has 0 fully saturated rings. The van der Waals surface area contributed by atoms with Crippen molar-refractivity contribution < 1.29 is 0 Å². The summed E-state index contributed by atoms with van der Waals surface area (Å²) in [4.78, 5) is 0. The minimum absolute atomic E-state index is 0.283. The molecular weight excluding hydrogens is 275 g/mol. The predicted molar refractivity (Wildman–Crippen MR) is 55.6 cm³/mol. The Bertz CT molecular complexity index is 205. The quantitative estimate of drug-likeness (QED) is 0.688. The molecule has 10 heavy (non-hydrogen) atoms. The van der Waals surface area contributed by atoms with Gasteiger partial charge in [-0.25, -0.2) is 0 Å². The lowest BCUT2D eigenvalue weighted by Crippen LogP contribution is -1.91. The van der Waals surface area contributed by atoms with Gasteiger partial charge in [0.15, 0.2) is 0 Å². The first-order valence-corrected chi connectivity index (χ1v) is 8.26. The van der Waals surface area contributed by atoms with Gasteiger partial charge in [-0.15, -0.1) is 0 Å². The van der Waals surface area contributed by atoms with Gasteiger partial charge in [0.25, 0.3) is 0 Å². The van der Waals surface area contributed by atoms with Gasteiger partial charge in [-0.3, -0.25) is 0 Å². The molecule has 0 aromatic heterocycles. The molecule has 0 spiro atoms. The fraction of sp³-hybridized carbons (Fsp3) is 0.143. The van der Waals surface area contributed by atoms with Crippen LogP contribution < -0.4 is 5.30 Å². The first-order valence-electron chi connectivity index (χ1n) is 2.88. The Morgan fingerprint density at radius 1 is 1.10 bits per heavy atom. The van der Waals surface area contributed by atoms with Crippen LogP contribution in [0.2, 0.25) is 0 Å². The molecule has 0 atom stereocenters. The summed E-state index contributed by atoms with van der Waals surface area (Å²) < 4.78 is 0. The minimum atomic E-state index is -0.283. The largest absolute Gasteiger partial charge is 0.0654 e. The Hall–Kier alpha value is 0.610. The highest BCUT2D eigenvalue weighted by Crippen LogP contribution is 2.50. The second kappa shape index (κ2) is 3.85. The molecule has 3 heteroatoms. The van der Waals surface area contributed by atoms with E-state index >= 15 is 0 Å². The van der Waals surface area contributed by atoms with Crippen LogP contribution in [0.5, 0.6) is 0 Å². The average Bonchev–Trinajstić information content (AvgIpc) is 1.88. The molecule has 0 saturated heterocycles. The molecule has 0 heterocycles. The molecule has 0 nitrogen and oxygen atoms in total. The number of rotatable bonds is 1. The van der Waals surface area contributed by atoms with Crippen LogP contribution in [0, 0.1) is 6.92 Å². The lowest BCUT2D eigenvalue weighted by molar-refractivity contribution is 1.49. The minimum Gasteiger partial charge on any atom is -0.0586 e. The number of aryl methyl sites for hydroxylation is 1. The summed E-state index contributed by atoms with van der Waals surface area (Å²) in [6.07, 6.45) is 0. The van der Waals surface area contributed by atoms with Crippen molar-refractivity contribution in [3.8, 4) is 0 Å². The molecule has 0 unspecified atom stereocenters. The SMILES string of the molecule is Cc1ccc(P(Br)Br)cc1. The van der Waals surface area contributed by atoms with Gasteiger partial charge in [-0.2, -0.15) is 0 Å². The first-order chi connectivity index (χ1) is 4.70. The van der Waals surface area contributed by atoms with E-state index in [4.69, 9.17) is 0 Å². The standard InChI is InChI=1S/C7H7Br2P/c1-6-2-4-7(5-3-6)10(8)9/h2-5H,1H3. The zero-order chi connectivity index (χ0) is 7.56. The number of benzene rings is 1. The Kier molecular flexibility index (Phi) is 3.35. The summed E-state index contributed by atoms with van der Waals surface area (Å²) >= 11 is 6.98. The van der Waals surface area contributed by atoms with Crippen molar-refractivity contribution >= 4 is 41.6 Å². The Balaban J connectivity index is 2.89. The van der Waals surface area contributed by atoms with Crippen molar-refractivity contribution in [3.05, 3.63) is 29.8 Å². The van der Waals surface area contributed by atoms with Crippen LogP contribution in [-0.4, -0.2) is 0 Å². The second-order valence-corrected chi connectivity index (χ2v) is 10.2. The summed E-state index contributed by atoms with van der Waals surface area (Å²) in [7, 11) is 0. The lowest BCUT2D eigenvalue weighted by Gasteiger charge is -2.00. The molecular formula is C7H7Br2P. The maximum Gasteiger partial charge on any atom is 0.0654 e. The molecule has 0 radical (unpaired) electrons. The van der Waals surface area contributed by atoms with Gasteiger partial charge in [-0.05, 0) is 43.2 Å². The molecule has 1 rings (SSSR count). The van der Waals surface area contributed by atoms with Gasteiger partial charge < -0.3 is 0 Å². The van der Waals surface area contributed by atoms with E-state index in [1.54, 1.807) is 0 Å². The van der Waals surface area contributed by atoms with E-state index in [1.807, 2.05) is 0 Å². The van der Waals surface area contributed by atoms with Crippen molar-refractivity contribution in [1.82, 2.24) is 0 Å². The van der Waals surface area contributed by atoms with Crippen molar-refractivity contribution in [2.75, 3.05) is 0 Å². The third-order valence-electron chi connectivity index (χ3n) is 1.23. The van der Waals surface area contributed by atoms with Gasteiger partial charge in [0.2, 0.25) is 0 Å². The van der Waals surface area contributed by atoms with Crippen LogP contribution in [0.15, 0.2) is 24.3 Å². The van der Waals surface area contributed by atoms with Crippen molar-refractivity contribution in [2.45, 2.75) is 6.92 Å². The number of halogens is 2. The van der Waals surface area contributed by atoms with Crippen LogP contribution in [0.25, 0.3) is 0 Å². The van der Waals surface area contributed by atoms with E-state index < -0.39 is 0 Å². The van der Waals surface area contributed by atoms with E-state index in [1.165, 1.54) is 10.9 Å². The molecule has 0 saturated carbocycles. The van der Waals surface area contributed by atoms with Crippen LogP contribution in [0.1, 0.15) is 5.56 Å². The normalized spacial score (nSPS) is 10.4. The number of hydrogen-bond donors (Lipinski definition) is 0. The van der Waals surface area contributed by atoms with Crippen molar-refractivity contribution in [1.29, 1.82) is 0 Å². The molecule has 54 valence electrons. The summed E-state index contributed by atoms with van der Waals surface area (Å²) in [5.74, 6) is 0. The summed E-state index contributed by atoms with van der Waals surface area (Å²) in [5, 5.41) is 1.04. The highest BCUT2D eigenvalue weighted by Gasteiger charge is 1.99. The van der Waals surface area contributed by atoms with Gasteiger partial charge >= 0.3 is 0 Å².